The lowest BCUT2D eigenvalue weighted by atomic mass is 10.2. The lowest BCUT2D eigenvalue weighted by Gasteiger charge is -2.20. The third-order valence-electron chi connectivity index (χ3n) is 3.47. The summed E-state index contributed by atoms with van der Waals surface area (Å²) >= 11 is 1.74. The predicted molar refractivity (Wildman–Crippen MR) is 82.4 cm³/mol. The fourth-order valence-electron chi connectivity index (χ4n) is 2.37. The topological polar surface area (TPSA) is 49.6 Å². The molecule has 1 aromatic rings. The van der Waals surface area contributed by atoms with Crippen molar-refractivity contribution in [1.29, 1.82) is 0 Å². The Balaban J connectivity index is 1.97. The van der Waals surface area contributed by atoms with E-state index in [0.717, 1.165) is 44.7 Å². The first-order chi connectivity index (χ1) is 9.70. The van der Waals surface area contributed by atoms with Gasteiger partial charge in [0.15, 0.2) is 0 Å². The molecule has 0 unspecified atom stereocenters. The van der Waals surface area contributed by atoms with Crippen LogP contribution in [-0.4, -0.2) is 48.4 Å². The van der Waals surface area contributed by atoms with Crippen molar-refractivity contribution in [3.8, 4) is 11.8 Å². The molecule has 0 radical (unpaired) electrons. The molecule has 2 N–H and O–H groups in total. The van der Waals surface area contributed by atoms with Gasteiger partial charge in [-0.05, 0) is 17.9 Å². The summed E-state index contributed by atoms with van der Waals surface area (Å²) in [6.07, 6.45) is 1.04. The summed E-state index contributed by atoms with van der Waals surface area (Å²) in [5, 5.41) is 2.08. The molecule has 1 aliphatic heterocycles. The van der Waals surface area contributed by atoms with Crippen molar-refractivity contribution >= 4 is 17.2 Å². The van der Waals surface area contributed by atoms with E-state index in [9.17, 15) is 4.79 Å². The first kappa shape index (κ1) is 15.0. The van der Waals surface area contributed by atoms with Crippen LogP contribution in [0.25, 0.3) is 0 Å². The summed E-state index contributed by atoms with van der Waals surface area (Å²) in [5.41, 5.74) is 6.52. The number of carbonyl (C=O) groups is 1. The van der Waals surface area contributed by atoms with Crippen molar-refractivity contribution in [1.82, 2.24) is 9.80 Å². The highest BCUT2D eigenvalue weighted by atomic mass is 32.1. The number of nitrogens with zero attached hydrogens (tertiary/aromatic N) is 2. The summed E-state index contributed by atoms with van der Waals surface area (Å²) in [4.78, 5) is 17.1. The van der Waals surface area contributed by atoms with Gasteiger partial charge in [0.1, 0.15) is 0 Å². The molecule has 5 heteroatoms. The Bertz CT molecular complexity index is 515. The van der Waals surface area contributed by atoms with Gasteiger partial charge in [0.25, 0.3) is 0 Å². The largest absolute Gasteiger partial charge is 0.342 e. The number of carbonyl (C=O) groups excluding carboxylic acids is 1. The normalized spacial score (nSPS) is 16.4. The van der Waals surface area contributed by atoms with Gasteiger partial charge >= 0.3 is 0 Å². The van der Waals surface area contributed by atoms with Crippen LogP contribution in [0.1, 0.15) is 23.8 Å². The number of hydrogen-bond acceptors (Lipinski definition) is 4. The van der Waals surface area contributed by atoms with Crippen LogP contribution in [0.2, 0.25) is 0 Å². The van der Waals surface area contributed by atoms with Crippen LogP contribution in [0.5, 0.6) is 0 Å². The Labute approximate surface area is 124 Å². The first-order valence-electron chi connectivity index (χ1n) is 6.94. The molecule has 1 saturated heterocycles. The maximum atomic E-state index is 11.4. The van der Waals surface area contributed by atoms with Crippen LogP contribution in [0.3, 0.4) is 0 Å². The van der Waals surface area contributed by atoms with E-state index in [1.54, 1.807) is 18.3 Å². The van der Waals surface area contributed by atoms with Gasteiger partial charge in [-0.1, -0.05) is 11.8 Å². The van der Waals surface area contributed by atoms with Crippen LogP contribution in [0.4, 0.5) is 0 Å². The van der Waals surface area contributed by atoms with Crippen molar-refractivity contribution in [3.63, 3.8) is 0 Å². The third-order valence-corrected chi connectivity index (χ3v) is 4.38. The number of hydrogen-bond donors (Lipinski definition) is 1. The highest BCUT2D eigenvalue weighted by Gasteiger charge is 2.17. The molecule has 0 bridgehead atoms. The number of amides is 1. The molecule has 0 saturated carbocycles. The Morgan fingerprint density at radius 3 is 3.00 bits per heavy atom. The van der Waals surface area contributed by atoms with Crippen LogP contribution < -0.4 is 5.73 Å². The first-order valence-corrected chi connectivity index (χ1v) is 7.82. The Morgan fingerprint density at radius 2 is 2.25 bits per heavy atom. The minimum Gasteiger partial charge on any atom is -0.342 e. The zero-order chi connectivity index (χ0) is 14.4. The van der Waals surface area contributed by atoms with Gasteiger partial charge in [0.05, 0.1) is 6.54 Å². The van der Waals surface area contributed by atoms with Crippen LogP contribution in [0.15, 0.2) is 11.4 Å². The van der Waals surface area contributed by atoms with Crippen molar-refractivity contribution < 1.29 is 4.79 Å². The molecule has 0 spiro atoms. The average Bonchev–Trinajstić information content (AvgIpc) is 2.71. The van der Waals surface area contributed by atoms with Gasteiger partial charge < -0.3 is 10.6 Å². The monoisotopic (exact) mass is 291 g/mol. The quantitative estimate of drug-likeness (QED) is 0.831. The standard InChI is InChI=1S/C15H21N3OS/c1-13(19)18-8-3-7-17(9-10-18)12-15-14(4-2-6-16)5-11-20-15/h5,11H,3,6-10,12,16H2,1H3. The van der Waals surface area contributed by atoms with Crippen LogP contribution in [0, 0.1) is 11.8 Å². The molecule has 108 valence electrons. The third kappa shape index (κ3) is 4.07. The van der Waals surface area contributed by atoms with Crippen molar-refractivity contribution in [2.24, 2.45) is 5.73 Å². The molecule has 1 fully saturated rings. The number of nitrogens with two attached hydrogens (primary N) is 1. The molecule has 0 atom stereocenters. The second-order valence-corrected chi connectivity index (χ2v) is 5.90. The number of rotatable bonds is 2. The zero-order valence-corrected chi connectivity index (χ0v) is 12.7. The zero-order valence-electron chi connectivity index (χ0n) is 11.9. The van der Waals surface area contributed by atoms with Crippen LogP contribution in [-0.2, 0) is 11.3 Å². The summed E-state index contributed by atoms with van der Waals surface area (Å²) < 4.78 is 0. The summed E-state index contributed by atoms with van der Waals surface area (Å²) in [7, 11) is 0. The summed E-state index contributed by atoms with van der Waals surface area (Å²) in [5.74, 6) is 6.22. The lowest BCUT2D eigenvalue weighted by Crippen LogP contribution is -2.33. The molecule has 4 nitrogen and oxygen atoms in total. The number of thiophene rings is 1. The van der Waals surface area contributed by atoms with Crippen molar-refractivity contribution in [2.45, 2.75) is 19.9 Å². The smallest absolute Gasteiger partial charge is 0.219 e. The van der Waals surface area contributed by atoms with E-state index in [0.29, 0.717) is 6.54 Å². The second kappa shape index (κ2) is 7.44. The van der Waals surface area contributed by atoms with Crippen molar-refractivity contribution in [2.75, 3.05) is 32.7 Å². The van der Waals surface area contributed by atoms with Crippen molar-refractivity contribution in [3.05, 3.63) is 21.9 Å². The Hall–Kier alpha value is -1.35. The van der Waals surface area contributed by atoms with E-state index in [1.165, 1.54) is 4.88 Å². The second-order valence-electron chi connectivity index (χ2n) is 4.90. The van der Waals surface area contributed by atoms with Gasteiger partial charge in [-0.25, -0.2) is 0 Å². The molecule has 0 aromatic carbocycles. The Kier molecular flexibility index (Phi) is 5.60. The predicted octanol–water partition coefficient (Wildman–Crippen LogP) is 1.11. The van der Waals surface area contributed by atoms with E-state index in [-0.39, 0.29) is 5.91 Å². The maximum absolute atomic E-state index is 11.4. The molecule has 1 aliphatic rings. The molecule has 2 rings (SSSR count). The summed E-state index contributed by atoms with van der Waals surface area (Å²) in [6.45, 7) is 6.62. The Morgan fingerprint density at radius 1 is 1.40 bits per heavy atom. The molecular weight excluding hydrogens is 270 g/mol. The molecule has 2 heterocycles. The average molecular weight is 291 g/mol. The van der Waals surface area contributed by atoms with Gasteiger partial charge in [0, 0.05) is 50.1 Å². The van der Waals surface area contributed by atoms with Gasteiger partial charge in [-0.15, -0.1) is 11.3 Å². The molecule has 1 amide bonds. The van der Waals surface area contributed by atoms with Crippen LogP contribution >= 0.6 is 11.3 Å². The van der Waals surface area contributed by atoms with Gasteiger partial charge in [-0.3, -0.25) is 9.69 Å². The SMILES string of the molecule is CC(=O)N1CCCN(Cc2sccc2C#CCN)CC1. The van der Waals surface area contributed by atoms with E-state index in [1.807, 2.05) is 4.90 Å². The minimum atomic E-state index is 0.178. The lowest BCUT2D eigenvalue weighted by molar-refractivity contribution is -0.128. The molecule has 20 heavy (non-hydrogen) atoms. The maximum Gasteiger partial charge on any atom is 0.219 e. The van der Waals surface area contributed by atoms with E-state index in [4.69, 9.17) is 5.73 Å². The van der Waals surface area contributed by atoms with Gasteiger partial charge in [-0.2, -0.15) is 0 Å². The summed E-state index contributed by atoms with van der Waals surface area (Å²) in [6, 6.07) is 2.06. The van der Waals surface area contributed by atoms with Gasteiger partial charge in [0.2, 0.25) is 5.91 Å². The fraction of sp³-hybridized carbons (Fsp3) is 0.533. The van der Waals surface area contributed by atoms with E-state index in [2.05, 4.69) is 28.2 Å². The molecular formula is C15H21N3OS. The highest BCUT2D eigenvalue weighted by Crippen LogP contribution is 2.19. The highest BCUT2D eigenvalue weighted by molar-refractivity contribution is 7.10. The fourth-order valence-corrected chi connectivity index (χ4v) is 3.24. The molecule has 1 aromatic heterocycles. The molecule has 0 aliphatic carbocycles. The van der Waals surface area contributed by atoms with E-state index < -0.39 is 0 Å². The minimum absolute atomic E-state index is 0.178. The van der Waals surface area contributed by atoms with E-state index >= 15 is 0 Å².